The van der Waals surface area contributed by atoms with Gasteiger partial charge in [-0.05, 0) is 45.1 Å². The van der Waals surface area contributed by atoms with Crippen LogP contribution in [0.25, 0.3) is 0 Å². The molecule has 0 aliphatic carbocycles. The molecule has 0 spiro atoms. The summed E-state index contributed by atoms with van der Waals surface area (Å²) in [5.41, 5.74) is -0.529. The third kappa shape index (κ3) is 3.72. The molecule has 0 unspecified atom stereocenters. The van der Waals surface area contributed by atoms with E-state index < -0.39 is 17.4 Å². The van der Waals surface area contributed by atoms with Crippen LogP contribution in [0.1, 0.15) is 37.8 Å². The molecule has 122 valence electrons. The monoisotopic (exact) mass is 327 g/mol. The zero-order chi connectivity index (χ0) is 16.1. The number of ether oxygens (including phenoxy) is 1. The molecule has 2 rings (SSSR count). The predicted octanol–water partition coefficient (Wildman–Crippen LogP) is 0.147. The van der Waals surface area contributed by atoms with Crippen LogP contribution in [-0.2, 0) is 9.53 Å². The van der Waals surface area contributed by atoms with Gasteiger partial charge in [-0.2, -0.15) is 9.77 Å². The molecule has 8 nitrogen and oxygen atoms in total. The molecule has 1 atom stereocenters. The van der Waals surface area contributed by atoms with Crippen molar-refractivity contribution in [2.75, 3.05) is 32.1 Å². The molecule has 1 saturated heterocycles. The number of likely N-dealkylation sites (tertiary alicyclic amines) is 1. The number of H-pyrrole nitrogens is 1. The number of carbonyl (C=O) groups excluding carboxylic acids is 1. The van der Waals surface area contributed by atoms with Crippen LogP contribution in [0, 0.1) is 4.77 Å². The second-order valence-corrected chi connectivity index (χ2v) is 5.64. The number of nitrogens with one attached hydrogen (secondary N) is 1. The highest BCUT2D eigenvalue weighted by Gasteiger charge is 2.30. The molecular weight excluding hydrogens is 306 g/mol. The number of piperidine rings is 1. The molecule has 1 aliphatic heterocycles. The molecule has 1 aromatic rings. The Kier molecular flexibility index (Phi) is 5.67. The Balaban J connectivity index is 2.31. The van der Waals surface area contributed by atoms with Crippen molar-refractivity contribution in [3.05, 3.63) is 20.8 Å². The minimum atomic E-state index is -0.771. The van der Waals surface area contributed by atoms with E-state index in [0.29, 0.717) is 6.54 Å². The maximum atomic E-state index is 12.2. The number of aromatic amines is 1. The van der Waals surface area contributed by atoms with E-state index in [1.54, 1.807) is 6.92 Å². The van der Waals surface area contributed by atoms with Gasteiger partial charge in [-0.1, -0.05) is 6.42 Å². The van der Waals surface area contributed by atoms with Crippen molar-refractivity contribution < 1.29 is 9.53 Å². The average molecular weight is 327 g/mol. The molecule has 0 aromatic carbocycles. The SMILES string of the molecule is CCOC(=O)[C@H](CN1CCCCC1)c1n[nH]c(=S)n(N)c1=O. The topological polar surface area (TPSA) is 106 Å². The van der Waals surface area contributed by atoms with Gasteiger partial charge >= 0.3 is 5.97 Å². The van der Waals surface area contributed by atoms with E-state index in [0.717, 1.165) is 30.6 Å². The molecule has 0 saturated carbocycles. The van der Waals surface area contributed by atoms with Gasteiger partial charge in [0.2, 0.25) is 4.77 Å². The second-order valence-electron chi connectivity index (χ2n) is 5.26. The molecule has 0 bridgehead atoms. The minimum absolute atomic E-state index is 0.00864. The van der Waals surface area contributed by atoms with Crippen LogP contribution in [0.15, 0.2) is 4.79 Å². The first-order valence-electron chi connectivity index (χ1n) is 7.40. The van der Waals surface area contributed by atoms with Gasteiger partial charge in [0.1, 0.15) is 11.6 Å². The number of nitrogens with two attached hydrogens (primary N) is 1. The summed E-state index contributed by atoms with van der Waals surface area (Å²) in [7, 11) is 0. The van der Waals surface area contributed by atoms with Gasteiger partial charge in [0.15, 0.2) is 0 Å². The van der Waals surface area contributed by atoms with Crippen molar-refractivity contribution in [3.63, 3.8) is 0 Å². The zero-order valence-electron chi connectivity index (χ0n) is 12.6. The van der Waals surface area contributed by atoms with Crippen molar-refractivity contribution in [2.24, 2.45) is 0 Å². The second kappa shape index (κ2) is 7.50. The summed E-state index contributed by atoms with van der Waals surface area (Å²) in [4.78, 5) is 26.6. The van der Waals surface area contributed by atoms with Crippen LogP contribution in [0.3, 0.4) is 0 Å². The van der Waals surface area contributed by atoms with Gasteiger partial charge in [0.25, 0.3) is 5.56 Å². The number of hydrogen-bond donors (Lipinski definition) is 2. The van der Waals surface area contributed by atoms with Gasteiger partial charge in [-0.3, -0.25) is 14.7 Å². The highest BCUT2D eigenvalue weighted by molar-refractivity contribution is 7.71. The highest BCUT2D eigenvalue weighted by atomic mass is 32.1. The largest absolute Gasteiger partial charge is 0.465 e. The Morgan fingerprint density at radius 1 is 1.45 bits per heavy atom. The minimum Gasteiger partial charge on any atom is -0.465 e. The number of carbonyl (C=O) groups is 1. The number of nitrogen functional groups attached to an aromatic ring is 1. The average Bonchev–Trinajstić information content (AvgIpc) is 2.52. The van der Waals surface area contributed by atoms with Gasteiger partial charge in [-0.15, -0.1) is 0 Å². The van der Waals surface area contributed by atoms with Gasteiger partial charge in [0.05, 0.1) is 6.61 Å². The van der Waals surface area contributed by atoms with E-state index in [2.05, 4.69) is 15.1 Å². The van der Waals surface area contributed by atoms with Crippen LogP contribution >= 0.6 is 12.2 Å². The Morgan fingerprint density at radius 2 is 2.14 bits per heavy atom. The number of rotatable bonds is 5. The summed E-state index contributed by atoms with van der Waals surface area (Å²) in [6.07, 6.45) is 3.36. The van der Waals surface area contributed by atoms with E-state index in [1.807, 2.05) is 0 Å². The Labute approximate surface area is 133 Å². The number of esters is 1. The van der Waals surface area contributed by atoms with Crippen LogP contribution in [0.4, 0.5) is 0 Å². The number of hydrogen-bond acceptors (Lipinski definition) is 7. The smallest absolute Gasteiger partial charge is 0.316 e. The van der Waals surface area contributed by atoms with Crippen molar-refractivity contribution in [2.45, 2.75) is 32.1 Å². The van der Waals surface area contributed by atoms with Crippen molar-refractivity contribution in [3.8, 4) is 0 Å². The zero-order valence-corrected chi connectivity index (χ0v) is 13.4. The van der Waals surface area contributed by atoms with Crippen LogP contribution in [0.2, 0.25) is 0 Å². The summed E-state index contributed by atoms with van der Waals surface area (Å²) in [5.74, 6) is 4.35. The lowest BCUT2D eigenvalue weighted by Crippen LogP contribution is -2.41. The van der Waals surface area contributed by atoms with Crippen molar-refractivity contribution in [1.82, 2.24) is 19.8 Å². The molecule has 1 aromatic heterocycles. The predicted molar refractivity (Wildman–Crippen MR) is 83.5 cm³/mol. The molecule has 3 N–H and O–H groups in total. The van der Waals surface area contributed by atoms with E-state index in [9.17, 15) is 9.59 Å². The fraction of sp³-hybridized carbons (Fsp3) is 0.692. The Hall–Kier alpha value is -1.74. The summed E-state index contributed by atoms with van der Waals surface area (Å²) in [6.45, 7) is 4.16. The van der Waals surface area contributed by atoms with E-state index in [1.165, 1.54) is 6.42 Å². The van der Waals surface area contributed by atoms with Gasteiger partial charge < -0.3 is 15.5 Å². The molecule has 2 heterocycles. The number of aromatic nitrogens is 3. The summed E-state index contributed by atoms with van der Waals surface area (Å²) >= 11 is 4.86. The third-order valence-electron chi connectivity index (χ3n) is 3.72. The molecule has 0 radical (unpaired) electrons. The van der Waals surface area contributed by atoms with E-state index in [-0.39, 0.29) is 17.1 Å². The van der Waals surface area contributed by atoms with E-state index >= 15 is 0 Å². The maximum absolute atomic E-state index is 12.2. The fourth-order valence-electron chi connectivity index (χ4n) is 2.57. The Morgan fingerprint density at radius 3 is 2.77 bits per heavy atom. The molecular formula is C13H21N5O3S. The molecule has 22 heavy (non-hydrogen) atoms. The molecule has 9 heteroatoms. The normalized spacial score (nSPS) is 17.1. The summed E-state index contributed by atoms with van der Waals surface area (Å²) < 4.78 is 5.89. The van der Waals surface area contributed by atoms with Crippen LogP contribution in [0.5, 0.6) is 0 Å². The lowest BCUT2D eigenvalue weighted by Gasteiger charge is -2.29. The Bertz CT molecular complexity index is 635. The van der Waals surface area contributed by atoms with Crippen molar-refractivity contribution in [1.29, 1.82) is 0 Å². The first-order valence-corrected chi connectivity index (χ1v) is 7.81. The maximum Gasteiger partial charge on any atom is 0.316 e. The summed E-state index contributed by atoms with van der Waals surface area (Å²) in [6, 6.07) is 0. The molecule has 1 fully saturated rings. The molecule has 0 amide bonds. The van der Waals surface area contributed by atoms with E-state index in [4.69, 9.17) is 22.8 Å². The van der Waals surface area contributed by atoms with Crippen LogP contribution < -0.4 is 11.4 Å². The highest BCUT2D eigenvalue weighted by Crippen LogP contribution is 2.17. The quantitative estimate of drug-likeness (QED) is 0.450. The van der Waals surface area contributed by atoms with Crippen molar-refractivity contribution >= 4 is 18.2 Å². The van der Waals surface area contributed by atoms with Crippen LogP contribution in [-0.4, -0.2) is 52.0 Å². The third-order valence-corrected chi connectivity index (χ3v) is 4.01. The lowest BCUT2D eigenvalue weighted by atomic mass is 10.0. The first kappa shape index (κ1) is 16.6. The summed E-state index contributed by atoms with van der Waals surface area (Å²) in [5, 5.41) is 6.44. The fourth-order valence-corrected chi connectivity index (χ4v) is 2.70. The first-order chi connectivity index (χ1) is 10.5. The lowest BCUT2D eigenvalue weighted by molar-refractivity contribution is -0.145. The van der Waals surface area contributed by atoms with Gasteiger partial charge in [0, 0.05) is 6.54 Å². The number of nitrogens with zero attached hydrogens (tertiary/aromatic N) is 3. The van der Waals surface area contributed by atoms with Gasteiger partial charge in [-0.25, -0.2) is 0 Å². The molecule has 1 aliphatic rings. The standard InChI is InChI=1S/C13H21N5O3S/c1-2-21-12(20)9(8-17-6-4-3-5-7-17)10-11(19)18(14)13(22)16-15-10/h9H,2-8,14H2,1H3,(H,16,22)/t9-/m1/s1.